The van der Waals surface area contributed by atoms with E-state index >= 15 is 0 Å². The number of rotatable bonds is 4. The summed E-state index contributed by atoms with van der Waals surface area (Å²) in [6.45, 7) is 0.323. The number of carbonyl (C=O) groups excluding carboxylic acids is 1. The average molecular weight is 328 g/mol. The van der Waals surface area contributed by atoms with Gasteiger partial charge in [0.2, 0.25) is 5.91 Å². The highest BCUT2D eigenvalue weighted by Crippen LogP contribution is 2.41. The zero-order valence-electron chi connectivity index (χ0n) is 10.2. The van der Waals surface area contributed by atoms with E-state index in [1.807, 2.05) is 0 Å². The number of hydrogen-bond acceptors (Lipinski definition) is 4. The van der Waals surface area contributed by atoms with Gasteiger partial charge in [-0.3, -0.25) is 14.9 Å². The van der Waals surface area contributed by atoms with Crippen molar-refractivity contribution in [1.82, 2.24) is 0 Å². The molecule has 3 N–H and O–H groups in total. The smallest absolute Gasteiger partial charge is 0.270 e. The zero-order valence-corrected chi connectivity index (χ0v) is 11.8. The number of nitro benzene ring substituents is 1. The largest absolute Gasteiger partial charge is 0.329 e. The number of benzene rings is 1. The number of non-ortho nitro benzene ring substituents is 1. The van der Waals surface area contributed by atoms with Crippen LogP contribution < -0.4 is 11.1 Å². The molecule has 0 aliphatic heterocycles. The van der Waals surface area contributed by atoms with E-state index in [0.29, 0.717) is 16.7 Å². The van der Waals surface area contributed by atoms with Gasteiger partial charge in [0.1, 0.15) is 0 Å². The topological polar surface area (TPSA) is 98.3 Å². The van der Waals surface area contributed by atoms with Gasteiger partial charge in [0.15, 0.2) is 0 Å². The Kier molecular flexibility index (Phi) is 3.86. The monoisotopic (exact) mass is 327 g/mol. The van der Waals surface area contributed by atoms with E-state index in [1.165, 1.54) is 18.2 Å². The first kappa shape index (κ1) is 14.0. The van der Waals surface area contributed by atoms with Crippen LogP contribution in [0.15, 0.2) is 22.7 Å². The highest BCUT2D eigenvalue weighted by molar-refractivity contribution is 9.10. The molecule has 0 spiro atoms. The molecule has 6 nitrogen and oxygen atoms in total. The van der Waals surface area contributed by atoms with Gasteiger partial charge in [-0.15, -0.1) is 0 Å². The summed E-state index contributed by atoms with van der Waals surface area (Å²) >= 11 is 3.22. The van der Waals surface area contributed by atoms with Crippen molar-refractivity contribution in [2.24, 2.45) is 11.1 Å². The Hall–Kier alpha value is -1.47. The number of nitrogens with zero attached hydrogens (tertiary/aromatic N) is 1. The summed E-state index contributed by atoms with van der Waals surface area (Å²) in [6.07, 6.45) is 2.59. The maximum atomic E-state index is 12.2. The molecule has 0 radical (unpaired) electrons. The van der Waals surface area contributed by atoms with Crippen LogP contribution in [0.5, 0.6) is 0 Å². The predicted molar refractivity (Wildman–Crippen MR) is 74.8 cm³/mol. The van der Waals surface area contributed by atoms with Gasteiger partial charge in [0.05, 0.1) is 16.0 Å². The fourth-order valence-corrected chi connectivity index (χ4v) is 2.57. The summed E-state index contributed by atoms with van der Waals surface area (Å²) < 4.78 is 0.488. The van der Waals surface area contributed by atoms with Crippen LogP contribution in [0, 0.1) is 15.5 Å². The molecule has 0 bridgehead atoms. The minimum absolute atomic E-state index is 0.0259. The second-order valence-electron chi connectivity index (χ2n) is 4.71. The molecule has 0 atom stereocenters. The van der Waals surface area contributed by atoms with Crippen molar-refractivity contribution in [2.75, 3.05) is 11.9 Å². The summed E-state index contributed by atoms with van der Waals surface area (Å²) in [6, 6.07) is 4.24. The van der Waals surface area contributed by atoms with Gasteiger partial charge in [-0.05, 0) is 34.8 Å². The van der Waals surface area contributed by atoms with E-state index in [1.54, 1.807) is 0 Å². The van der Waals surface area contributed by atoms with Crippen molar-refractivity contribution in [3.05, 3.63) is 32.8 Å². The molecule has 2 rings (SSSR count). The first-order chi connectivity index (χ1) is 8.98. The zero-order chi connectivity index (χ0) is 14.0. The molecule has 19 heavy (non-hydrogen) atoms. The summed E-state index contributed by atoms with van der Waals surface area (Å²) in [7, 11) is 0. The first-order valence-electron chi connectivity index (χ1n) is 5.94. The molecular weight excluding hydrogens is 314 g/mol. The molecule has 1 fully saturated rings. The Balaban J connectivity index is 2.15. The van der Waals surface area contributed by atoms with Crippen LogP contribution in [0.2, 0.25) is 0 Å². The SMILES string of the molecule is NCC1(C(=O)Nc2ccc([N+](=O)[O-])cc2Br)CCC1. The van der Waals surface area contributed by atoms with Gasteiger partial charge < -0.3 is 11.1 Å². The van der Waals surface area contributed by atoms with Gasteiger partial charge in [-0.2, -0.15) is 0 Å². The van der Waals surface area contributed by atoms with Crippen molar-refractivity contribution in [1.29, 1.82) is 0 Å². The second kappa shape index (κ2) is 5.26. The minimum atomic E-state index is -0.482. The summed E-state index contributed by atoms with van der Waals surface area (Å²) in [4.78, 5) is 22.3. The van der Waals surface area contributed by atoms with Crippen molar-refractivity contribution in [3.63, 3.8) is 0 Å². The molecule has 0 aromatic heterocycles. The summed E-state index contributed by atoms with van der Waals surface area (Å²) in [5, 5.41) is 13.4. The fourth-order valence-electron chi connectivity index (χ4n) is 2.10. The number of nitro groups is 1. The summed E-state index contributed by atoms with van der Waals surface area (Å²) in [5.74, 6) is -0.115. The Labute approximate surface area is 118 Å². The number of nitrogens with two attached hydrogens (primary N) is 1. The van der Waals surface area contributed by atoms with Gasteiger partial charge in [0.25, 0.3) is 5.69 Å². The quantitative estimate of drug-likeness (QED) is 0.655. The molecular formula is C12H14BrN3O3. The van der Waals surface area contributed by atoms with E-state index in [4.69, 9.17) is 5.73 Å². The van der Waals surface area contributed by atoms with Gasteiger partial charge >= 0.3 is 0 Å². The van der Waals surface area contributed by atoms with Crippen LogP contribution in [0.4, 0.5) is 11.4 Å². The highest BCUT2D eigenvalue weighted by Gasteiger charge is 2.42. The van der Waals surface area contributed by atoms with Crippen LogP contribution in [-0.2, 0) is 4.79 Å². The van der Waals surface area contributed by atoms with Gasteiger partial charge in [-0.25, -0.2) is 0 Å². The molecule has 1 aromatic carbocycles. The molecule has 0 saturated heterocycles. The van der Waals surface area contributed by atoms with Crippen LogP contribution in [0.25, 0.3) is 0 Å². The van der Waals surface area contributed by atoms with Crippen LogP contribution >= 0.6 is 15.9 Å². The molecule has 0 heterocycles. The van der Waals surface area contributed by atoms with E-state index in [0.717, 1.165) is 19.3 Å². The standard InChI is InChI=1S/C12H14BrN3O3/c13-9-6-8(16(18)19)2-3-10(9)15-11(17)12(7-14)4-1-5-12/h2-3,6H,1,4-5,7,14H2,(H,15,17). The van der Waals surface area contributed by atoms with Crippen molar-refractivity contribution >= 4 is 33.2 Å². The number of carbonyl (C=O) groups is 1. The normalized spacial score (nSPS) is 16.5. The van der Waals surface area contributed by atoms with Gasteiger partial charge in [-0.1, -0.05) is 6.42 Å². The molecule has 1 amide bonds. The van der Waals surface area contributed by atoms with Gasteiger partial charge in [0, 0.05) is 23.2 Å². The lowest BCUT2D eigenvalue weighted by atomic mass is 9.68. The lowest BCUT2D eigenvalue weighted by Crippen LogP contribution is -2.47. The number of halogens is 1. The summed E-state index contributed by atoms with van der Waals surface area (Å²) in [5.41, 5.74) is 5.69. The van der Waals surface area contributed by atoms with E-state index in [-0.39, 0.29) is 11.6 Å². The number of hydrogen-bond donors (Lipinski definition) is 2. The molecule has 7 heteroatoms. The Morgan fingerprint density at radius 3 is 2.63 bits per heavy atom. The number of amides is 1. The Bertz CT molecular complexity index is 523. The Morgan fingerprint density at radius 2 is 2.21 bits per heavy atom. The first-order valence-corrected chi connectivity index (χ1v) is 6.73. The highest BCUT2D eigenvalue weighted by atomic mass is 79.9. The molecule has 0 unspecified atom stereocenters. The number of anilines is 1. The number of nitrogens with one attached hydrogen (secondary N) is 1. The lowest BCUT2D eigenvalue weighted by Gasteiger charge is -2.39. The van der Waals surface area contributed by atoms with Crippen LogP contribution in [0.1, 0.15) is 19.3 Å². The van der Waals surface area contributed by atoms with E-state index in [9.17, 15) is 14.9 Å². The molecule has 1 saturated carbocycles. The Morgan fingerprint density at radius 1 is 1.53 bits per heavy atom. The lowest BCUT2D eigenvalue weighted by molar-refractivity contribution is -0.384. The molecule has 1 aliphatic carbocycles. The predicted octanol–water partition coefficient (Wildman–Crippen LogP) is 2.42. The third kappa shape index (κ3) is 2.62. The van der Waals surface area contributed by atoms with E-state index in [2.05, 4.69) is 21.2 Å². The minimum Gasteiger partial charge on any atom is -0.329 e. The molecule has 1 aliphatic rings. The maximum absolute atomic E-state index is 12.2. The average Bonchev–Trinajstić information content (AvgIpc) is 2.30. The molecule has 1 aromatic rings. The van der Waals surface area contributed by atoms with E-state index < -0.39 is 10.3 Å². The third-order valence-electron chi connectivity index (χ3n) is 3.59. The van der Waals surface area contributed by atoms with Crippen molar-refractivity contribution < 1.29 is 9.72 Å². The van der Waals surface area contributed by atoms with Crippen LogP contribution in [-0.4, -0.2) is 17.4 Å². The molecule has 102 valence electrons. The fraction of sp³-hybridized carbons (Fsp3) is 0.417. The maximum Gasteiger partial charge on any atom is 0.270 e. The van der Waals surface area contributed by atoms with Crippen molar-refractivity contribution in [2.45, 2.75) is 19.3 Å². The van der Waals surface area contributed by atoms with Crippen LogP contribution in [0.3, 0.4) is 0 Å². The second-order valence-corrected chi connectivity index (χ2v) is 5.57. The van der Waals surface area contributed by atoms with Crippen molar-refractivity contribution in [3.8, 4) is 0 Å². The third-order valence-corrected chi connectivity index (χ3v) is 4.25.